The van der Waals surface area contributed by atoms with E-state index in [-0.39, 0.29) is 43.6 Å². The van der Waals surface area contributed by atoms with Crippen molar-refractivity contribution < 1.29 is 92.7 Å². The van der Waals surface area contributed by atoms with Crippen molar-refractivity contribution in [2.24, 2.45) is 47.3 Å². The Labute approximate surface area is 438 Å². The molecule has 4 saturated heterocycles. The molecule has 0 aromatic heterocycles. The summed E-state index contributed by atoms with van der Waals surface area (Å²) in [6, 6.07) is 0. The van der Waals surface area contributed by atoms with Crippen LogP contribution in [0.1, 0.15) is 115 Å². The number of hydrogen-bond acceptors (Lipinski definition) is 19. The Morgan fingerprint density at radius 3 is 1.35 bits per heavy atom. The number of ether oxygens (including phenoxy) is 10. The van der Waals surface area contributed by atoms with Crippen LogP contribution in [-0.2, 0) is 57.0 Å². The van der Waals surface area contributed by atoms with Crippen molar-refractivity contribution in [3.8, 4) is 0 Å². The second-order valence-electron chi connectivity index (χ2n) is 21.7. The van der Waals surface area contributed by atoms with Gasteiger partial charge in [-0.2, -0.15) is 0 Å². The Balaban J connectivity index is 1.31. The van der Waals surface area contributed by atoms with Gasteiger partial charge >= 0.3 is 11.9 Å². The second kappa shape index (κ2) is 27.3. The smallest absolute Gasteiger partial charge is 0.331 e. The highest BCUT2D eigenvalue weighted by atomic mass is 16.8. The van der Waals surface area contributed by atoms with Gasteiger partial charge in [0.05, 0.1) is 54.9 Å². The number of esters is 2. The summed E-state index contributed by atoms with van der Waals surface area (Å²) in [7, 11) is 3.00. The Bertz CT molecular complexity index is 1740. The number of rotatable bonds is 16. The number of allylic oxidation sites excluding steroid dienone is 4. The predicted octanol–water partition coefficient (Wildman–Crippen LogP) is 4.36. The normalized spacial score (nSPS) is 45.1. The van der Waals surface area contributed by atoms with Gasteiger partial charge < -0.3 is 83.1 Å². The minimum atomic E-state index is -1.64. The number of hydrogen-bond donors (Lipinski definition) is 7. The monoisotopic (exact) mass is 1050 g/mol. The highest BCUT2D eigenvalue weighted by molar-refractivity contribution is 5.83. The summed E-state index contributed by atoms with van der Waals surface area (Å²) in [6.45, 7) is 20.4. The van der Waals surface area contributed by atoms with Crippen LogP contribution in [0.5, 0.6) is 0 Å². The van der Waals surface area contributed by atoms with Gasteiger partial charge in [-0.25, -0.2) is 9.59 Å². The van der Waals surface area contributed by atoms with Crippen LogP contribution in [0.25, 0.3) is 0 Å². The zero-order valence-corrected chi connectivity index (χ0v) is 45.7. The highest BCUT2D eigenvalue weighted by Gasteiger charge is 2.55. The average molecular weight is 1060 g/mol. The van der Waals surface area contributed by atoms with E-state index in [9.17, 15) is 45.3 Å². The van der Waals surface area contributed by atoms with E-state index in [1.165, 1.54) is 38.5 Å². The molecule has 424 valence electrons. The quantitative estimate of drug-likeness (QED) is 0.106. The number of cyclic esters (lactones) is 2. The van der Waals surface area contributed by atoms with Crippen LogP contribution < -0.4 is 0 Å². The average Bonchev–Trinajstić information content (AvgIpc) is 3.36. The molecule has 0 saturated carbocycles. The first kappa shape index (κ1) is 62.1. The molecule has 19 heteroatoms. The Morgan fingerprint density at radius 1 is 0.595 bits per heavy atom. The third-order valence-corrected chi connectivity index (χ3v) is 16.9. The molecule has 4 fully saturated rings. The summed E-state index contributed by atoms with van der Waals surface area (Å²) in [5.74, 6) is -8.03. The summed E-state index contributed by atoms with van der Waals surface area (Å²) < 4.78 is 62.1. The van der Waals surface area contributed by atoms with E-state index in [4.69, 9.17) is 47.4 Å². The maximum absolute atomic E-state index is 13.6. The van der Waals surface area contributed by atoms with E-state index < -0.39 is 151 Å². The van der Waals surface area contributed by atoms with E-state index in [1.807, 2.05) is 48.5 Å². The number of methoxy groups -OCH3 is 2. The van der Waals surface area contributed by atoms with Crippen molar-refractivity contribution in [2.75, 3.05) is 14.2 Å². The van der Waals surface area contributed by atoms with Gasteiger partial charge in [0.25, 0.3) is 0 Å². The summed E-state index contributed by atoms with van der Waals surface area (Å²) in [5, 5.41) is 75.8. The molecule has 5 heterocycles. The van der Waals surface area contributed by atoms with Crippen molar-refractivity contribution >= 4 is 11.9 Å². The number of carbonyl (C=O) groups excluding carboxylic acids is 2. The van der Waals surface area contributed by atoms with Crippen molar-refractivity contribution in [3.05, 3.63) is 48.6 Å². The molecule has 0 unspecified atom stereocenters. The number of carbonyl (C=O) groups is 2. The van der Waals surface area contributed by atoms with Crippen LogP contribution in [-0.4, -0.2) is 172 Å². The molecule has 0 spiro atoms. The lowest BCUT2D eigenvalue weighted by Gasteiger charge is -2.52. The highest BCUT2D eigenvalue weighted by Crippen LogP contribution is 2.47. The molecule has 26 atom stereocenters. The van der Waals surface area contributed by atoms with E-state index >= 15 is 0 Å². The first-order valence-electron chi connectivity index (χ1n) is 26.8. The van der Waals surface area contributed by atoms with Crippen LogP contribution in [0, 0.1) is 47.3 Å². The molecule has 0 radical (unpaired) electrons. The molecule has 0 aromatic carbocycles. The van der Waals surface area contributed by atoms with E-state index in [2.05, 4.69) is 0 Å². The minimum absolute atomic E-state index is 0.0693. The first-order valence-corrected chi connectivity index (χ1v) is 26.8. The molecule has 5 aliphatic rings. The molecule has 7 N–H and O–H groups in total. The Kier molecular flexibility index (Phi) is 22.9. The molecule has 0 aromatic rings. The fourth-order valence-electron chi connectivity index (χ4n) is 12.0. The lowest BCUT2D eigenvalue weighted by atomic mass is 9.76. The molecule has 5 rings (SSSR count). The lowest BCUT2D eigenvalue weighted by Crippen LogP contribution is -2.60. The third kappa shape index (κ3) is 14.5. The third-order valence-electron chi connectivity index (χ3n) is 16.9. The summed E-state index contributed by atoms with van der Waals surface area (Å²) >= 11 is 0. The summed E-state index contributed by atoms with van der Waals surface area (Å²) in [6.07, 6.45) is -0.601. The lowest BCUT2D eigenvalue weighted by molar-refractivity contribution is -0.363. The second-order valence-corrected chi connectivity index (χ2v) is 21.7. The fourth-order valence-corrected chi connectivity index (χ4v) is 12.0. The first-order chi connectivity index (χ1) is 34.9. The molecule has 5 aliphatic heterocycles. The van der Waals surface area contributed by atoms with Crippen LogP contribution in [0.15, 0.2) is 48.6 Å². The zero-order valence-electron chi connectivity index (χ0n) is 45.7. The van der Waals surface area contributed by atoms with Crippen molar-refractivity contribution in [1.29, 1.82) is 0 Å². The maximum Gasteiger partial charge on any atom is 0.331 e. The standard InChI is InChI=1S/C55H90O19/c1-14-37-34(9)73-54(65-12,26-41(37)68-45-24-39(56)49(62)36(11)67-45)32(7)47(60)30(5)51-28(3)20-16-18-23-44(59)71-52(29(4)21-17-19-22-43(58)70-51)31(6)48(61)33(8)55(66-13)27-42(38(15-2)35(10)74-55)69-46-25-40(57)50(63)53(64)72-46/h16-23,28-42,45-53,56-57,60-64H,14-15,24-27H2,1-13H3/b20-16-,21-17-,22-19-,23-18-/t28-,29-,30-,31-,32-,33-,34+,35+,36-,37+,38+,39-,40-,41+,42+,45-,46+,47+,48+,49+,50-,51-,52-,53+,54+,55+/m0/s1. The van der Waals surface area contributed by atoms with Crippen molar-refractivity contribution in [2.45, 2.75) is 224 Å². The molecule has 0 amide bonds. The van der Waals surface area contributed by atoms with Crippen LogP contribution in [0.4, 0.5) is 0 Å². The largest absolute Gasteiger partial charge is 0.458 e. The van der Waals surface area contributed by atoms with Gasteiger partial charge in [-0.1, -0.05) is 91.8 Å². The van der Waals surface area contributed by atoms with Gasteiger partial charge in [0, 0.05) is 99.4 Å². The van der Waals surface area contributed by atoms with Gasteiger partial charge in [-0.15, -0.1) is 0 Å². The minimum Gasteiger partial charge on any atom is -0.458 e. The fraction of sp³-hybridized carbons (Fsp3) is 0.818. The molecule has 74 heavy (non-hydrogen) atoms. The predicted molar refractivity (Wildman–Crippen MR) is 269 cm³/mol. The summed E-state index contributed by atoms with van der Waals surface area (Å²) in [4.78, 5) is 27.2. The summed E-state index contributed by atoms with van der Waals surface area (Å²) in [5.41, 5.74) is 0. The molecular weight excluding hydrogens is 965 g/mol. The van der Waals surface area contributed by atoms with E-state index in [1.54, 1.807) is 52.0 Å². The van der Waals surface area contributed by atoms with Gasteiger partial charge in [-0.3, -0.25) is 0 Å². The number of aliphatic hydroxyl groups is 7. The topological polar surface area (TPSA) is 268 Å². The van der Waals surface area contributed by atoms with Gasteiger partial charge in [0.2, 0.25) is 0 Å². The number of aliphatic hydroxyl groups excluding tert-OH is 7. The Morgan fingerprint density at radius 2 is 0.986 bits per heavy atom. The van der Waals surface area contributed by atoms with Gasteiger partial charge in [0.15, 0.2) is 30.4 Å². The van der Waals surface area contributed by atoms with Crippen molar-refractivity contribution in [1.82, 2.24) is 0 Å². The molecule has 0 aliphatic carbocycles. The Hall–Kier alpha value is -2.70. The van der Waals surface area contributed by atoms with E-state index in [0.29, 0.717) is 12.8 Å². The maximum atomic E-state index is 13.6. The molecule has 19 nitrogen and oxygen atoms in total. The van der Waals surface area contributed by atoms with Crippen LogP contribution >= 0.6 is 0 Å². The van der Waals surface area contributed by atoms with Crippen LogP contribution in [0.2, 0.25) is 0 Å². The van der Waals surface area contributed by atoms with E-state index in [0.717, 1.165) is 0 Å². The van der Waals surface area contributed by atoms with Crippen molar-refractivity contribution in [3.63, 3.8) is 0 Å². The van der Waals surface area contributed by atoms with Crippen LogP contribution in [0.3, 0.4) is 0 Å². The zero-order chi connectivity index (χ0) is 55.0. The SMILES string of the molecule is CC[C@@H]1[C@@H](C)O[C@@](OC)([C@@H](C)[C@H](O)[C@H](C)[C@H]2OC(=O)/C=C\C=C/[C@H](C)[C@@H]([C@@H](C)[C@@H](O)[C@H](C)[C@@]3(OC)C[C@@H](O[C@H]4C[C@H](O)[C@H](O)[C@H](O)O4)[C@H](CC)[C@@H](C)O3)OC(=O)/C=C\C=C/[C@@H]2C)C[C@H]1O[C@H]1C[C@H](O)[C@H](O)[C@H](C)O1. The van der Waals surface area contributed by atoms with Gasteiger partial charge in [0.1, 0.15) is 24.4 Å². The van der Waals surface area contributed by atoms with Gasteiger partial charge in [-0.05, 0) is 33.6 Å². The molecular formula is C55H90O19. The molecule has 0 bridgehead atoms.